The summed E-state index contributed by atoms with van der Waals surface area (Å²) in [5, 5.41) is 2.99. The van der Waals surface area contributed by atoms with Crippen molar-refractivity contribution in [3.63, 3.8) is 0 Å². The molecule has 0 bridgehead atoms. The van der Waals surface area contributed by atoms with E-state index < -0.39 is 6.04 Å². The minimum atomic E-state index is -0.601. The average molecular weight is 473 g/mol. The predicted molar refractivity (Wildman–Crippen MR) is 140 cm³/mol. The number of rotatable bonds is 11. The van der Waals surface area contributed by atoms with Crippen LogP contribution in [0.1, 0.15) is 49.8 Å². The molecule has 5 nitrogen and oxygen atoms in total. The number of benzene rings is 3. The molecule has 0 saturated heterocycles. The Morgan fingerprint density at radius 3 is 1.86 bits per heavy atom. The van der Waals surface area contributed by atoms with Gasteiger partial charge in [-0.1, -0.05) is 86.6 Å². The molecular formula is C30H36N2O3. The van der Waals surface area contributed by atoms with Crippen molar-refractivity contribution in [1.29, 1.82) is 0 Å². The lowest BCUT2D eigenvalue weighted by molar-refractivity contribution is -0.140. The smallest absolute Gasteiger partial charge is 0.242 e. The third-order valence-corrected chi connectivity index (χ3v) is 6.15. The van der Waals surface area contributed by atoms with E-state index in [1.165, 1.54) is 0 Å². The summed E-state index contributed by atoms with van der Waals surface area (Å²) in [6, 6.07) is 27.2. The second kappa shape index (κ2) is 12.7. The highest BCUT2D eigenvalue weighted by molar-refractivity contribution is 5.87. The first-order valence-corrected chi connectivity index (χ1v) is 12.2. The van der Waals surface area contributed by atoms with Gasteiger partial charge in [0.1, 0.15) is 11.8 Å². The molecule has 1 atom stereocenters. The van der Waals surface area contributed by atoms with Crippen molar-refractivity contribution >= 4 is 11.8 Å². The first-order valence-electron chi connectivity index (χ1n) is 12.2. The van der Waals surface area contributed by atoms with Gasteiger partial charge in [0.25, 0.3) is 0 Å². The van der Waals surface area contributed by atoms with Crippen LogP contribution in [0.25, 0.3) is 0 Å². The van der Waals surface area contributed by atoms with Crippen LogP contribution >= 0.6 is 0 Å². The van der Waals surface area contributed by atoms with Gasteiger partial charge in [0.2, 0.25) is 11.8 Å². The summed E-state index contributed by atoms with van der Waals surface area (Å²) in [4.78, 5) is 28.5. The Hall–Kier alpha value is -3.60. The van der Waals surface area contributed by atoms with Crippen molar-refractivity contribution in [2.24, 2.45) is 5.92 Å². The number of ether oxygens (including phenoxy) is 1. The molecule has 3 rings (SSSR count). The SMILES string of the molecule is COc1ccc(CN(C(=O)CC(c2ccccc2)c2ccccc2)C(C)C(=O)NCC(C)C)cc1. The van der Waals surface area contributed by atoms with Crippen LogP contribution in [0.5, 0.6) is 5.75 Å². The van der Waals surface area contributed by atoms with Crippen molar-refractivity contribution in [3.8, 4) is 5.75 Å². The number of nitrogens with one attached hydrogen (secondary N) is 1. The fourth-order valence-corrected chi connectivity index (χ4v) is 4.05. The molecular weight excluding hydrogens is 436 g/mol. The lowest BCUT2D eigenvalue weighted by Crippen LogP contribution is -2.48. The molecule has 0 aliphatic heterocycles. The molecule has 0 saturated carbocycles. The Morgan fingerprint density at radius 2 is 1.37 bits per heavy atom. The number of nitrogens with zero attached hydrogens (tertiary/aromatic N) is 1. The van der Waals surface area contributed by atoms with Crippen LogP contribution in [0.4, 0.5) is 0 Å². The summed E-state index contributed by atoms with van der Waals surface area (Å²) in [5.41, 5.74) is 3.10. The average Bonchev–Trinajstić information content (AvgIpc) is 2.89. The summed E-state index contributed by atoms with van der Waals surface area (Å²) in [7, 11) is 1.62. The van der Waals surface area contributed by atoms with E-state index in [2.05, 4.69) is 43.4 Å². The highest BCUT2D eigenvalue weighted by Gasteiger charge is 2.29. The van der Waals surface area contributed by atoms with Gasteiger partial charge >= 0.3 is 0 Å². The van der Waals surface area contributed by atoms with Crippen molar-refractivity contribution in [2.75, 3.05) is 13.7 Å². The zero-order chi connectivity index (χ0) is 25.2. The van der Waals surface area contributed by atoms with Crippen LogP contribution in [-0.2, 0) is 16.1 Å². The zero-order valence-electron chi connectivity index (χ0n) is 21.1. The zero-order valence-corrected chi connectivity index (χ0v) is 21.1. The van der Waals surface area contributed by atoms with Crippen molar-refractivity contribution in [2.45, 2.75) is 45.7 Å². The van der Waals surface area contributed by atoms with E-state index >= 15 is 0 Å². The quantitative estimate of drug-likeness (QED) is 0.406. The van der Waals surface area contributed by atoms with E-state index in [0.717, 1.165) is 22.4 Å². The fourth-order valence-electron chi connectivity index (χ4n) is 4.05. The van der Waals surface area contributed by atoms with E-state index in [1.807, 2.05) is 60.7 Å². The van der Waals surface area contributed by atoms with E-state index in [4.69, 9.17) is 4.74 Å². The largest absolute Gasteiger partial charge is 0.497 e. The summed E-state index contributed by atoms with van der Waals surface area (Å²) in [5.74, 6) is 0.774. The molecule has 5 heteroatoms. The molecule has 1 unspecified atom stereocenters. The van der Waals surface area contributed by atoms with Gasteiger partial charge in [-0.15, -0.1) is 0 Å². The first kappa shape index (κ1) is 26.0. The standard InChI is InChI=1S/C30H36N2O3/c1-22(2)20-31-30(34)23(3)32(21-24-15-17-27(35-4)18-16-24)29(33)19-28(25-11-7-5-8-12-25)26-13-9-6-10-14-26/h5-18,22-23,28H,19-21H2,1-4H3,(H,31,34). The van der Waals surface area contributed by atoms with Crippen LogP contribution in [0.15, 0.2) is 84.9 Å². The normalized spacial score (nSPS) is 11.8. The van der Waals surface area contributed by atoms with Crippen molar-refractivity contribution in [1.82, 2.24) is 10.2 Å². The Balaban J connectivity index is 1.88. The van der Waals surface area contributed by atoms with Gasteiger partial charge in [0.15, 0.2) is 0 Å². The minimum absolute atomic E-state index is 0.0641. The molecule has 1 N–H and O–H groups in total. The first-order chi connectivity index (χ1) is 16.9. The topological polar surface area (TPSA) is 58.6 Å². The Bertz CT molecular complexity index is 1030. The molecule has 3 aromatic rings. The van der Waals surface area contributed by atoms with Crippen LogP contribution in [0.2, 0.25) is 0 Å². The molecule has 3 aromatic carbocycles. The molecule has 184 valence electrons. The lowest BCUT2D eigenvalue weighted by Gasteiger charge is -2.31. The number of hydrogen-bond acceptors (Lipinski definition) is 3. The highest BCUT2D eigenvalue weighted by atomic mass is 16.5. The number of carbonyl (C=O) groups is 2. The van der Waals surface area contributed by atoms with Crippen LogP contribution < -0.4 is 10.1 Å². The summed E-state index contributed by atoms with van der Waals surface area (Å²) in [6.07, 6.45) is 0.270. The van der Waals surface area contributed by atoms with E-state index in [9.17, 15) is 9.59 Å². The van der Waals surface area contributed by atoms with Gasteiger partial charge in [0, 0.05) is 25.4 Å². The Labute approximate surface area is 209 Å². The molecule has 0 aliphatic carbocycles. The molecule has 0 heterocycles. The summed E-state index contributed by atoms with van der Waals surface area (Å²) in [6.45, 7) is 6.82. The van der Waals surface area contributed by atoms with Crippen molar-refractivity contribution in [3.05, 3.63) is 102 Å². The van der Waals surface area contributed by atoms with Gasteiger partial charge in [0.05, 0.1) is 7.11 Å². The number of methoxy groups -OCH3 is 1. The number of carbonyl (C=O) groups excluding carboxylic acids is 2. The van der Waals surface area contributed by atoms with E-state index in [-0.39, 0.29) is 24.2 Å². The van der Waals surface area contributed by atoms with Gasteiger partial charge in [-0.05, 0) is 41.7 Å². The highest BCUT2D eigenvalue weighted by Crippen LogP contribution is 2.29. The summed E-state index contributed by atoms with van der Waals surface area (Å²) < 4.78 is 5.27. The second-order valence-electron chi connectivity index (χ2n) is 9.26. The van der Waals surface area contributed by atoms with E-state index in [1.54, 1.807) is 18.9 Å². The minimum Gasteiger partial charge on any atom is -0.497 e. The van der Waals surface area contributed by atoms with Gasteiger partial charge in [-0.25, -0.2) is 0 Å². The maximum atomic E-state index is 13.8. The van der Waals surface area contributed by atoms with Crippen LogP contribution in [0, 0.1) is 5.92 Å². The molecule has 0 aliphatic rings. The summed E-state index contributed by atoms with van der Waals surface area (Å²) >= 11 is 0. The van der Waals surface area contributed by atoms with Crippen molar-refractivity contribution < 1.29 is 14.3 Å². The van der Waals surface area contributed by atoms with Gasteiger partial charge in [-0.3, -0.25) is 9.59 Å². The Morgan fingerprint density at radius 1 is 0.829 bits per heavy atom. The molecule has 2 amide bonds. The van der Waals surface area contributed by atoms with E-state index in [0.29, 0.717) is 19.0 Å². The third kappa shape index (κ3) is 7.44. The lowest BCUT2D eigenvalue weighted by atomic mass is 9.88. The predicted octanol–water partition coefficient (Wildman–Crippen LogP) is 5.41. The second-order valence-corrected chi connectivity index (χ2v) is 9.26. The van der Waals surface area contributed by atoms with Crippen LogP contribution in [-0.4, -0.2) is 36.4 Å². The Kier molecular flexibility index (Phi) is 9.47. The molecule has 0 aromatic heterocycles. The number of amides is 2. The molecule has 0 spiro atoms. The van der Waals surface area contributed by atoms with Gasteiger partial charge < -0.3 is 15.0 Å². The monoisotopic (exact) mass is 472 g/mol. The maximum absolute atomic E-state index is 13.8. The van der Waals surface area contributed by atoms with Crippen LogP contribution in [0.3, 0.4) is 0 Å². The molecule has 0 radical (unpaired) electrons. The van der Waals surface area contributed by atoms with Gasteiger partial charge in [-0.2, -0.15) is 0 Å². The number of hydrogen-bond donors (Lipinski definition) is 1. The maximum Gasteiger partial charge on any atom is 0.242 e. The third-order valence-electron chi connectivity index (χ3n) is 6.15. The molecule has 0 fully saturated rings. The molecule has 35 heavy (non-hydrogen) atoms. The fraction of sp³-hybridized carbons (Fsp3) is 0.333.